The Bertz CT molecular complexity index is 1190. The van der Waals surface area contributed by atoms with Gasteiger partial charge in [0, 0.05) is 5.39 Å². The first-order valence-electron chi connectivity index (χ1n) is 9.90. The van der Waals surface area contributed by atoms with Crippen LogP contribution >= 0.6 is 0 Å². The molecule has 0 spiro atoms. The lowest BCUT2D eigenvalue weighted by Crippen LogP contribution is -2.21. The molecule has 9 heteroatoms. The number of aryl methyl sites for hydroxylation is 2. The van der Waals surface area contributed by atoms with Crippen LogP contribution in [0.25, 0.3) is 16.7 Å². The number of sulfonamides is 1. The number of nitrogens with one attached hydrogen (secondary N) is 1. The second-order valence-corrected chi connectivity index (χ2v) is 8.92. The van der Waals surface area contributed by atoms with Crippen LogP contribution in [0.5, 0.6) is 0 Å². The smallest absolute Gasteiger partial charge is 0.343 e. The Kier molecular flexibility index (Phi) is 6.40. The topological polar surface area (TPSA) is 103 Å². The Hall–Kier alpha value is -2.94. The lowest BCUT2D eigenvalue weighted by Gasteiger charge is -2.13. The molecule has 0 saturated carbocycles. The van der Waals surface area contributed by atoms with Crippen molar-refractivity contribution >= 4 is 32.7 Å². The Morgan fingerprint density at radius 2 is 1.97 bits per heavy atom. The zero-order chi connectivity index (χ0) is 21.9. The van der Waals surface area contributed by atoms with Gasteiger partial charge in [-0.25, -0.2) is 18.2 Å². The van der Waals surface area contributed by atoms with E-state index in [4.69, 9.17) is 9.72 Å². The van der Waals surface area contributed by atoms with Gasteiger partial charge in [-0.3, -0.25) is 4.72 Å². The van der Waals surface area contributed by atoms with Crippen molar-refractivity contribution in [1.29, 1.82) is 0 Å². The largest absolute Gasteiger partial charge is 0.462 e. The first-order chi connectivity index (χ1) is 14.3. The van der Waals surface area contributed by atoms with Crippen molar-refractivity contribution in [2.75, 3.05) is 17.1 Å². The molecule has 0 aliphatic heterocycles. The molecule has 1 N–H and O–H groups in total. The monoisotopic (exact) mass is 430 g/mol. The van der Waals surface area contributed by atoms with E-state index in [1.807, 2.05) is 45.0 Å². The highest BCUT2D eigenvalue weighted by molar-refractivity contribution is 7.92. The van der Waals surface area contributed by atoms with Crippen LogP contribution < -0.4 is 4.72 Å². The fourth-order valence-corrected chi connectivity index (χ4v) is 4.43. The number of rotatable bonds is 8. The van der Waals surface area contributed by atoms with Crippen LogP contribution in [0.3, 0.4) is 0 Å². The SMILES string of the molecule is CCCCS(=O)(=O)Nc1c(C(=O)OCC)cnn1-c1cc(C)c2cccc(C)c2n1. The van der Waals surface area contributed by atoms with Crippen molar-refractivity contribution in [3.8, 4) is 5.82 Å². The summed E-state index contributed by atoms with van der Waals surface area (Å²) in [7, 11) is -3.68. The summed E-state index contributed by atoms with van der Waals surface area (Å²) in [6.45, 7) is 7.67. The second kappa shape index (κ2) is 8.83. The van der Waals surface area contributed by atoms with E-state index in [1.165, 1.54) is 10.9 Å². The average Bonchev–Trinajstić information content (AvgIpc) is 3.10. The maximum atomic E-state index is 12.6. The highest BCUT2D eigenvalue weighted by Crippen LogP contribution is 2.26. The number of hydrogen-bond donors (Lipinski definition) is 1. The number of carbonyl (C=O) groups excluding carboxylic acids is 1. The van der Waals surface area contributed by atoms with E-state index >= 15 is 0 Å². The van der Waals surface area contributed by atoms with E-state index in [9.17, 15) is 13.2 Å². The molecule has 3 aromatic rings. The molecule has 0 saturated heterocycles. The molecule has 0 amide bonds. The number of nitrogens with zero attached hydrogens (tertiary/aromatic N) is 3. The van der Waals surface area contributed by atoms with Gasteiger partial charge >= 0.3 is 5.97 Å². The van der Waals surface area contributed by atoms with Crippen LogP contribution in [0.2, 0.25) is 0 Å². The highest BCUT2D eigenvalue weighted by Gasteiger charge is 2.24. The molecule has 2 heterocycles. The third kappa shape index (κ3) is 4.46. The Labute approximate surface area is 176 Å². The van der Waals surface area contributed by atoms with Crippen LogP contribution in [0.15, 0.2) is 30.5 Å². The van der Waals surface area contributed by atoms with Crippen molar-refractivity contribution in [3.63, 3.8) is 0 Å². The summed E-state index contributed by atoms with van der Waals surface area (Å²) >= 11 is 0. The Balaban J connectivity index is 2.16. The van der Waals surface area contributed by atoms with Crippen LogP contribution in [0.4, 0.5) is 5.82 Å². The summed E-state index contributed by atoms with van der Waals surface area (Å²) < 4.78 is 34.1. The predicted molar refractivity (Wildman–Crippen MR) is 117 cm³/mol. The Morgan fingerprint density at radius 1 is 1.20 bits per heavy atom. The minimum atomic E-state index is -3.68. The third-order valence-electron chi connectivity index (χ3n) is 4.73. The zero-order valence-corrected chi connectivity index (χ0v) is 18.4. The maximum absolute atomic E-state index is 12.6. The van der Waals surface area contributed by atoms with Gasteiger partial charge in [-0.05, 0) is 44.4 Å². The molecule has 0 aliphatic carbocycles. The molecule has 1 aromatic carbocycles. The first-order valence-corrected chi connectivity index (χ1v) is 11.6. The van der Waals surface area contributed by atoms with Crippen molar-refractivity contribution in [1.82, 2.24) is 14.8 Å². The minimum absolute atomic E-state index is 0.0318. The summed E-state index contributed by atoms with van der Waals surface area (Å²) in [5.74, 6) is -0.256. The summed E-state index contributed by atoms with van der Waals surface area (Å²) in [4.78, 5) is 17.1. The third-order valence-corrected chi connectivity index (χ3v) is 6.07. The van der Waals surface area contributed by atoms with E-state index in [1.54, 1.807) is 6.92 Å². The summed E-state index contributed by atoms with van der Waals surface area (Å²) in [5.41, 5.74) is 2.79. The van der Waals surface area contributed by atoms with Crippen molar-refractivity contribution in [3.05, 3.63) is 47.2 Å². The fourth-order valence-electron chi connectivity index (χ4n) is 3.16. The number of aromatic nitrogens is 3. The van der Waals surface area contributed by atoms with Gasteiger partial charge in [0.1, 0.15) is 5.56 Å². The number of esters is 1. The molecule has 0 atom stereocenters. The molecule has 0 fully saturated rings. The number of para-hydroxylation sites is 1. The molecule has 30 heavy (non-hydrogen) atoms. The summed E-state index contributed by atoms with van der Waals surface area (Å²) in [6.07, 6.45) is 2.54. The van der Waals surface area contributed by atoms with Crippen LogP contribution in [-0.4, -0.2) is 41.5 Å². The number of unbranched alkanes of at least 4 members (excludes halogenated alkanes) is 1. The van der Waals surface area contributed by atoms with E-state index < -0.39 is 16.0 Å². The number of pyridine rings is 1. The van der Waals surface area contributed by atoms with Gasteiger partial charge in [-0.2, -0.15) is 9.78 Å². The van der Waals surface area contributed by atoms with Crippen molar-refractivity contribution in [2.24, 2.45) is 0 Å². The van der Waals surface area contributed by atoms with Crippen LogP contribution in [0, 0.1) is 13.8 Å². The van der Waals surface area contributed by atoms with Gasteiger partial charge in [0.15, 0.2) is 11.6 Å². The molecule has 160 valence electrons. The van der Waals surface area contributed by atoms with E-state index in [-0.39, 0.29) is 23.7 Å². The molecule has 8 nitrogen and oxygen atoms in total. The Morgan fingerprint density at radius 3 is 2.67 bits per heavy atom. The van der Waals surface area contributed by atoms with Crippen LogP contribution in [-0.2, 0) is 14.8 Å². The molecule has 3 rings (SSSR count). The van der Waals surface area contributed by atoms with Crippen molar-refractivity contribution < 1.29 is 17.9 Å². The predicted octanol–water partition coefficient (Wildman–Crippen LogP) is 3.76. The maximum Gasteiger partial charge on any atom is 0.343 e. The average molecular weight is 431 g/mol. The molecule has 0 aliphatic rings. The number of anilines is 1. The standard InChI is InChI=1S/C21H26N4O4S/c1-5-7-11-30(27,28)24-20-17(21(26)29-6-2)13-22-25(20)18-12-15(4)16-10-8-9-14(3)19(16)23-18/h8-10,12-13,24H,5-7,11H2,1-4H3. The highest BCUT2D eigenvalue weighted by atomic mass is 32.2. The number of fused-ring (bicyclic) bond motifs is 1. The quantitative estimate of drug-likeness (QED) is 0.546. The van der Waals surface area contributed by atoms with Gasteiger partial charge in [0.05, 0.1) is 24.1 Å². The fraction of sp³-hybridized carbons (Fsp3) is 0.381. The van der Waals surface area contributed by atoms with Gasteiger partial charge in [-0.15, -0.1) is 0 Å². The number of carbonyl (C=O) groups is 1. The molecule has 0 bridgehead atoms. The van der Waals surface area contributed by atoms with Gasteiger partial charge in [-0.1, -0.05) is 31.5 Å². The molecular formula is C21H26N4O4S. The van der Waals surface area contributed by atoms with Gasteiger partial charge in [0.25, 0.3) is 0 Å². The van der Waals surface area contributed by atoms with Gasteiger partial charge in [0.2, 0.25) is 10.0 Å². The van der Waals surface area contributed by atoms with E-state index in [0.717, 1.165) is 28.5 Å². The summed E-state index contributed by atoms with van der Waals surface area (Å²) in [6, 6.07) is 7.72. The molecule has 2 aromatic heterocycles. The normalized spacial score (nSPS) is 11.6. The second-order valence-electron chi connectivity index (χ2n) is 7.08. The van der Waals surface area contributed by atoms with E-state index in [0.29, 0.717) is 12.2 Å². The lowest BCUT2D eigenvalue weighted by atomic mass is 10.1. The zero-order valence-electron chi connectivity index (χ0n) is 17.6. The molecule has 0 unspecified atom stereocenters. The summed E-state index contributed by atoms with van der Waals surface area (Å²) in [5, 5.41) is 5.26. The van der Waals surface area contributed by atoms with Gasteiger partial charge < -0.3 is 4.74 Å². The molecule has 0 radical (unpaired) electrons. The van der Waals surface area contributed by atoms with Crippen LogP contribution in [0.1, 0.15) is 48.2 Å². The van der Waals surface area contributed by atoms with Crippen molar-refractivity contribution in [2.45, 2.75) is 40.5 Å². The first kappa shape index (κ1) is 21.8. The number of ether oxygens (including phenoxy) is 1. The number of benzene rings is 1. The number of hydrogen-bond acceptors (Lipinski definition) is 6. The van der Waals surface area contributed by atoms with E-state index in [2.05, 4.69) is 9.82 Å². The minimum Gasteiger partial charge on any atom is -0.462 e. The lowest BCUT2D eigenvalue weighted by molar-refractivity contribution is 0.0527. The molecular weight excluding hydrogens is 404 g/mol.